The molecule has 0 saturated carbocycles. The third-order valence-corrected chi connectivity index (χ3v) is 4.56. The molecule has 5 N–H and O–H groups in total. The summed E-state index contributed by atoms with van der Waals surface area (Å²) in [6.45, 7) is 6.25. The average molecular weight is 298 g/mol. The van der Waals surface area contributed by atoms with Crippen molar-refractivity contribution in [3.05, 3.63) is 18.2 Å². The van der Waals surface area contributed by atoms with Crippen LogP contribution in [0.1, 0.15) is 13.3 Å². The molecule has 0 bridgehead atoms. The minimum Gasteiger partial charge on any atom is -0.399 e. The Kier molecular flexibility index (Phi) is 4.52. The summed E-state index contributed by atoms with van der Waals surface area (Å²) in [5.74, 6) is 0.578. The van der Waals surface area contributed by atoms with Crippen molar-refractivity contribution in [1.29, 1.82) is 0 Å². The maximum atomic E-state index is 11.4. The van der Waals surface area contributed by atoms with Gasteiger partial charge in [-0.15, -0.1) is 0 Å². The monoisotopic (exact) mass is 298 g/mol. The minimum absolute atomic E-state index is 0.0432. The summed E-state index contributed by atoms with van der Waals surface area (Å²) in [5, 5.41) is 8.39. The number of anilines is 2. The van der Waals surface area contributed by atoms with Gasteiger partial charge in [-0.25, -0.2) is 13.6 Å². The lowest BCUT2D eigenvalue weighted by molar-refractivity contribution is 0.345. The van der Waals surface area contributed by atoms with Gasteiger partial charge >= 0.3 is 0 Å². The molecule has 1 aliphatic heterocycles. The van der Waals surface area contributed by atoms with Gasteiger partial charge in [-0.3, -0.25) is 0 Å². The summed E-state index contributed by atoms with van der Waals surface area (Å²) in [7, 11) is -3.73. The fourth-order valence-electron chi connectivity index (χ4n) is 2.52. The SMILES string of the molecule is CCN1CCC(CNc2cc(N)cc(S(N)(=O)=O)c2)C1. The fraction of sp³-hybridized carbons (Fsp3) is 0.538. The van der Waals surface area contributed by atoms with Gasteiger partial charge in [0.1, 0.15) is 0 Å². The Morgan fingerprint density at radius 1 is 1.40 bits per heavy atom. The van der Waals surface area contributed by atoms with Gasteiger partial charge in [-0.05, 0) is 43.6 Å². The number of rotatable bonds is 5. The zero-order chi connectivity index (χ0) is 14.8. The number of nitrogens with zero attached hydrogens (tertiary/aromatic N) is 1. The van der Waals surface area contributed by atoms with E-state index < -0.39 is 10.0 Å². The number of benzene rings is 1. The van der Waals surface area contributed by atoms with E-state index in [2.05, 4.69) is 17.1 Å². The molecule has 0 aliphatic carbocycles. The van der Waals surface area contributed by atoms with Gasteiger partial charge in [-0.2, -0.15) is 0 Å². The molecule has 2 rings (SSSR count). The Labute approximate surface area is 120 Å². The largest absolute Gasteiger partial charge is 0.399 e. The van der Waals surface area contributed by atoms with Crippen LogP contribution >= 0.6 is 0 Å². The van der Waals surface area contributed by atoms with Crippen LogP contribution in [0, 0.1) is 5.92 Å². The molecular weight excluding hydrogens is 276 g/mol. The maximum Gasteiger partial charge on any atom is 0.238 e. The maximum absolute atomic E-state index is 11.4. The number of nitrogens with two attached hydrogens (primary N) is 2. The molecule has 1 saturated heterocycles. The van der Waals surface area contributed by atoms with Crippen molar-refractivity contribution >= 4 is 21.4 Å². The number of hydrogen-bond donors (Lipinski definition) is 3. The molecule has 1 aromatic carbocycles. The lowest BCUT2D eigenvalue weighted by atomic mass is 10.1. The molecule has 0 radical (unpaired) electrons. The summed E-state index contributed by atoms with van der Waals surface area (Å²) in [6, 6.07) is 4.62. The quantitative estimate of drug-likeness (QED) is 0.694. The molecule has 0 spiro atoms. The van der Waals surface area contributed by atoms with E-state index in [0.29, 0.717) is 17.3 Å². The highest BCUT2D eigenvalue weighted by atomic mass is 32.2. The van der Waals surface area contributed by atoms with E-state index in [1.807, 2.05) is 0 Å². The van der Waals surface area contributed by atoms with Crippen molar-refractivity contribution in [3.8, 4) is 0 Å². The molecule has 112 valence electrons. The second-order valence-corrected chi connectivity index (χ2v) is 6.83. The summed E-state index contributed by atoms with van der Waals surface area (Å²) in [5.41, 5.74) is 6.80. The fourth-order valence-corrected chi connectivity index (χ4v) is 3.11. The molecule has 1 aliphatic rings. The van der Waals surface area contributed by atoms with Gasteiger partial charge in [-0.1, -0.05) is 6.92 Å². The number of likely N-dealkylation sites (tertiary alicyclic amines) is 1. The molecule has 20 heavy (non-hydrogen) atoms. The molecule has 7 heteroatoms. The minimum atomic E-state index is -3.73. The lowest BCUT2D eigenvalue weighted by Gasteiger charge is -2.15. The third-order valence-electron chi connectivity index (χ3n) is 3.67. The Bertz CT molecular complexity index is 574. The summed E-state index contributed by atoms with van der Waals surface area (Å²) >= 11 is 0. The predicted molar refractivity (Wildman–Crippen MR) is 80.9 cm³/mol. The number of sulfonamides is 1. The molecular formula is C13H22N4O2S. The van der Waals surface area contributed by atoms with E-state index in [1.54, 1.807) is 6.07 Å². The van der Waals surface area contributed by atoms with Crippen molar-refractivity contribution in [2.24, 2.45) is 11.1 Å². The van der Waals surface area contributed by atoms with E-state index in [1.165, 1.54) is 12.1 Å². The summed E-state index contributed by atoms with van der Waals surface area (Å²) in [4.78, 5) is 2.45. The van der Waals surface area contributed by atoms with E-state index in [4.69, 9.17) is 10.9 Å². The van der Waals surface area contributed by atoms with Crippen LogP contribution in [-0.2, 0) is 10.0 Å². The Morgan fingerprint density at radius 3 is 2.75 bits per heavy atom. The van der Waals surface area contributed by atoms with E-state index >= 15 is 0 Å². The van der Waals surface area contributed by atoms with Crippen LogP contribution in [0.15, 0.2) is 23.1 Å². The zero-order valence-electron chi connectivity index (χ0n) is 11.7. The topological polar surface area (TPSA) is 101 Å². The van der Waals surface area contributed by atoms with Crippen LogP contribution in [0.25, 0.3) is 0 Å². The van der Waals surface area contributed by atoms with Crippen molar-refractivity contribution < 1.29 is 8.42 Å². The smallest absolute Gasteiger partial charge is 0.238 e. The van der Waals surface area contributed by atoms with Crippen LogP contribution < -0.4 is 16.2 Å². The molecule has 1 heterocycles. The van der Waals surface area contributed by atoms with Gasteiger partial charge in [0.15, 0.2) is 0 Å². The van der Waals surface area contributed by atoms with Crippen molar-refractivity contribution in [2.45, 2.75) is 18.2 Å². The molecule has 6 nitrogen and oxygen atoms in total. The van der Waals surface area contributed by atoms with E-state index in [9.17, 15) is 8.42 Å². The van der Waals surface area contributed by atoms with Crippen LogP contribution in [0.3, 0.4) is 0 Å². The van der Waals surface area contributed by atoms with Crippen LogP contribution in [0.2, 0.25) is 0 Å². The number of primary sulfonamides is 1. The Balaban J connectivity index is 2.01. The van der Waals surface area contributed by atoms with Crippen LogP contribution in [0.5, 0.6) is 0 Å². The first-order chi connectivity index (χ1) is 9.38. The highest BCUT2D eigenvalue weighted by Gasteiger charge is 2.20. The molecule has 0 aromatic heterocycles. The highest BCUT2D eigenvalue weighted by molar-refractivity contribution is 7.89. The summed E-state index contributed by atoms with van der Waals surface area (Å²) in [6.07, 6.45) is 1.16. The standard InChI is InChI=1S/C13H22N4O2S/c1-2-17-4-3-10(9-17)8-16-12-5-11(14)6-13(7-12)20(15,18)19/h5-7,10,16H,2-4,8-9,14H2,1H3,(H2,15,18,19). The first-order valence-corrected chi connectivity index (χ1v) is 8.32. The van der Waals surface area contributed by atoms with Gasteiger partial charge in [0, 0.05) is 24.5 Å². The first kappa shape index (κ1) is 15.1. The highest BCUT2D eigenvalue weighted by Crippen LogP contribution is 2.21. The van der Waals surface area contributed by atoms with Crippen LogP contribution in [0.4, 0.5) is 11.4 Å². The number of nitrogens with one attached hydrogen (secondary N) is 1. The summed E-state index contributed by atoms with van der Waals surface area (Å²) < 4.78 is 22.7. The Morgan fingerprint density at radius 2 is 2.15 bits per heavy atom. The van der Waals surface area contributed by atoms with E-state index in [-0.39, 0.29) is 4.90 Å². The lowest BCUT2D eigenvalue weighted by Crippen LogP contribution is -2.22. The van der Waals surface area contributed by atoms with Crippen LogP contribution in [-0.4, -0.2) is 39.5 Å². The number of nitrogen functional groups attached to an aromatic ring is 1. The average Bonchev–Trinajstić information content (AvgIpc) is 2.82. The van der Waals surface area contributed by atoms with Gasteiger partial charge in [0.2, 0.25) is 10.0 Å². The van der Waals surface area contributed by atoms with Crippen molar-refractivity contribution in [2.75, 3.05) is 37.2 Å². The second-order valence-electron chi connectivity index (χ2n) is 5.26. The predicted octanol–water partition coefficient (Wildman–Crippen LogP) is 0.670. The van der Waals surface area contributed by atoms with Gasteiger partial charge < -0.3 is 16.0 Å². The first-order valence-electron chi connectivity index (χ1n) is 6.78. The molecule has 0 amide bonds. The molecule has 1 atom stereocenters. The van der Waals surface area contributed by atoms with E-state index in [0.717, 1.165) is 32.6 Å². The van der Waals surface area contributed by atoms with Gasteiger partial charge in [0.05, 0.1) is 4.90 Å². The molecule has 1 aromatic rings. The third kappa shape index (κ3) is 3.84. The number of hydrogen-bond acceptors (Lipinski definition) is 5. The zero-order valence-corrected chi connectivity index (χ0v) is 12.5. The normalized spacial score (nSPS) is 20.2. The van der Waals surface area contributed by atoms with Crippen molar-refractivity contribution in [3.63, 3.8) is 0 Å². The second kappa shape index (κ2) is 5.99. The van der Waals surface area contributed by atoms with Gasteiger partial charge in [0.25, 0.3) is 0 Å². The Hall–Kier alpha value is -1.31. The van der Waals surface area contributed by atoms with Crippen molar-refractivity contribution in [1.82, 2.24) is 4.90 Å². The molecule has 1 fully saturated rings. The molecule has 1 unspecified atom stereocenters.